The van der Waals surface area contributed by atoms with Crippen LogP contribution in [0.5, 0.6) is 5.88 Å². The van der Waals surface area contributed by atoms with Gasteiger partial charge in [0.05, 0.1) is 13.0 Å². The largest absolute Gasteiger partial charge is 0.477 e. The summed E-state index contributed by atoms with van der Waals surface area (Å²) in [4.78, 5) is 3.71. The van der Waals surface area contributed by atoms with Crippen molar-refractivity contribution in [3.05, 3.63) is 23.9 Å². The lowest BCUT2D eigenvalue weighted by molar-refractivity contribution is -0.139. The Hall–Kier alpha value is -1.99. The summed E-state index contributed by atoms with van der Waals surface area (Å²) in [7, 11) is 0. The molecule has 0 saturated carbocycles. The second-order valence-electron chi connectivity index (χ2n) is 3.08. The highest BCUT2D eigenvalue weighted by Gasteiger charge is 2.26. The number of amidine groups is 1. The van der Waals surface area contributed by atoms with Crippen molar-refractivity contribution in [1.29, 1.82) is 0 Å². The summed E-state index contributed by atoms with van der Waals surface area (Å²) in [6, 6.07) is 2.76. The molecule has 0 bridgehead atoms. The van der Waals surface area contributed by atoms with Gasteiger partial charge in [-0.25, -0.2) is 4.98 Å². The van der Waals surface area contributed by atoms with E-state index in [9.17, 15) is 13.2 Å². The van der Waals surface area contributed by atoms with E-state index >= 15 is 0 Å². The molecule has 0 radical (unpaired) electrons. The number of hydrogen-bond acceptors (Lipinski definition) is 4. The molecule has 94 valence electrons. The van der Waals surface area contributed by atoms with Crippen LogP contribution in [-0.4, -0.2) is 28.8 Å². The first kappa shape index (κ1) is 13.1. The molecule has 1 aromatic rings. The molecule has 0 fully saturated rings. The van der Waals surface area contributed by atoms with E-state index in [4.69, 9.17) is 15.7 Å². The van der Waals surface area contributed by atoms with E-state index in [1.165, 1.54) is 18.3 Å². The predicted molar refractivity (Wildman–Crippen MR) is 52.9 cm³/mol. The molecule has 1 rings (SSSR count). The molecular weight excluding hydrogens is 239 g/mol. The number of halogens is 3. The number of pyridine rings is 1. The predicted octanol–water partition coefficient (Wildman–Crippen LogP) is 1.51. The van der Waals surface area contributed by atoms with Crippen LogP contribution in [0.4, 0.5) is 13.2 Å². The van der Waals surface area contributed by atoms with Gasteiger partial charge in [0, 0.05) is 17.8 Å². The maximum atomic E-state index is 11.8. The van der Waals surface area contributed by atoms with Crippen molar-refractivity contribution < 1.29 is 23.1 Å². The van der Waals surface area contributed by atoms with Crippen molar-refractivity contribution in [1.82, 2.24) is 4.98 Å². The Morgan fingerprint density at radius 3 is 2.65 bits per heavy atom. The van der Waals surface area contributed by atoms with Crippen molar-refractivity contribution in [2.75, 3.05) is 6.61 Å². The number of nitrogens with two attached hydrogens (primary N) is 1. The lowest BCUT2D eigenvalue weighted by Gasteiger charge is -2.07. The number of ether oxygens (including phenoxy) is 1. The van der Waals surface area contributed by atoms with Crippen molar-refractivity contribution in [3.63, 3.8) is 0 Å². The normalized spacial score (nSPS) is 12.5. The van der Waals surface area contributed by atoms with Crippen LogP contribution in [0.1, 0.15) is 12.0 Å². The highest BCUT2D eigenvalue weighted by Crippen LogP contribution is 2.19. The summed E-state index contributed by atoms with van der Waals surface area (Å²) in [5, 5.41) is 11.1. The minimum atomic E-state index is -4.26. The van der Waals surface area contributed by atoms with Crippen LogP contribution in [0.25, 0.3) is 0 Å². The Balaban J connectivity index is 2.52. The topological polar surface area (TPSA) is 80.7 Å². The first-order valence-corrected chi connectivity index (χ1v) is 4.56. The molecule has 17 heavy (non-hydrogen) atoms. The highest BCUT2D eigenvalue weighted by molar-refractivity contribution is 5.96. The maximum absolute atomic E-state index is 11.8. The van der Waals surface area contributed by atoms with E-state index in [0.717, 1.165) is 0 Å². The number of rotatable bonds is 4. The highest BCUT2D eigenvalue weighted by atomic mass is 19.4. The summed E-state index contributed by atoms with van der Waals surface area (Å²) >= 11 is 0. The number of nitrogens with zero attached hydrogens (tertiary/aromatic N) is 2. The molecule has 0 unspecified atom stereocenters. The monoisotopic (exact) mass is 249 g/mol. The zero-order chi connectivity index (χ0) is 12.9. The molecule has 0 saturated heterocycles. The molecule has 0 amide bonds. The number of hydrogen-bond donors (Lipinski definition) is 2. The fraction of sp³-hybridized carbons (Fsp3) is 0.333. The quantitative estimate of drug-likeness (QED) is 0.367. The molecule has 1 aromatic heterocycles. The lowest BCUT2D eigenvalue weighted by atomic mass is 10.3. The van der Waals surface area contributed by atoms with E-state index in [1.54, 1.807) is 0 Å². The third-order valence-corrected chi connectivity index (χ3v) is 1.78. The summed E-state index contributed by atoms with van der Waals surface area (Å²) in [5.74, 6) is -0.0944. The number of alkyl halides is 3. The summed E-state index contributed by atoms with van der Waals surface area (Å²) in [6.45, 7) is -0.501. The molecule has 0 aliphatic carbocycles. The Morgan fingerprint density at radius 2 is 2.18 bits per heavy atom. The maximum Gasteiger partial charge on any atom is 0.392 e. The molecule has 3 N–H and O–H groups in total. The number of aromatic nitrogens is 1. The van der Waals surface area contributed by atoms with Gasteiger partial charge in [-0.1, -0.05) is 5.16 Å². The zero-order valence-corrected chi connectivity index (χ0v) is 8.61. The van der Waals surface area contributed by atoms with Crippen LogP contribution in [0.2, 0.25) is 0 Å². The Morgan fingerprint density at radius 1 is 1.47 bits per heavy atom. The van der Waals surface area contributed by atoms with E-state index in [0.29, 0.717) is 5.56 Å². The summed E-state index contributed by atoms with van der Waals surface area (Å²) < 4.78 is 40.2. The van der Waals surface area contributed by atoms with Crippen molar-refractivity contribution in [3.8, 4) is 5.88 Å². The molecular formula is C9H10F3N3O2. The zero-order valence-electron chi connectivity index (χ0n) is 8.61. The Kier molecular flexibility index (Phi) is 4.13. The van der Waals surface area contributed by atoms with Gasteiger partial charge >= 0.3 is 6.18 Å². The third-order valence-electron chi connectivity index (χ3n) is 1.78. The summed E-state index contributed by atoms with van der Waals surface area (Å²) in [6.07, 6.45) is -4.07. The van der Waals surface area contributed by atoms with Gasteiger partial charge in [-0.05, 0) is 6.07 Å². The van der Waals surface area contributed by atoms with E-state index in [-0.39, 0.29) is 11.7 Å². The second-order valence-corrected chi connectivity index (χ2v) is 3.08. The third kappa shape index (κ3) is 4.58. The molecule has 8 heteroatoms. The molecule has 0 atom stereocenters. The van der Waals surface area contributed by atoms with Crippen molar-refractivity contribution in [2.24, 2.45) is 10.9 Å². The minimum Gasteiger partial charge on any atom is -0.477 e. The van der Waals surface area contributed by atoms with Gasteiger partial charge in [-0.2, -0.15) is 13.2 Å². The minimum absolute atomic E-state index is 0.0451. The van der Waals surface area contributed by atoms with E-state index in [1.807, 2.05) is 0 Å². The van der Waals surface area contributed by atoms with Gasteiger partial charge in [0.2, 0.25) is 5.88 Å². The van der Waals surface area contributed by atoms with Crippen LogP contribution in [0.15, 0.2) is 23.5 Å². The van der Waals surface area contributed by atoms with Crippen LogP contribution in [0.3, 0.4) is 0 Å². The first-order valence-electron chi connectivity index (χ1n) is 4.56. The van der Waals surface area contributed by atoms with Crippen LogP contribution in [0, 0.1) is 0 Å². The SMILES string of the molecule is N/C(=N/O)c1ccc(OCCC(F)(F)F)nc1. The number of oxime groups is 1. The first-order chi connectivity index (χ1) is 7.92. The van der Waals surface area contributed by atoms with Crippen LogP contribution < -0.4 is 10.5 Å². The molecule has 1 heterocycles. The Labute approximate surface area is 94.7 Å². The smallest absolute Gasteiger partial charge is 0.392 e. The standard InChI is InChI=1S/C9H10F3N3O2/c10-9(11,12)3-4-17-7-2-1-6(5-14-7)8(13)15-16/h1-2,5,16H,3-4H2,(H2,13,15). The van der Waals surface area contributed by atoms with E-state index in [2.05, 4.69) is 10.1 Å². The van der Waals surface area contributed by atoms with Gasteiger partial charge in [-0.3, -0.25) is 0 Å². The van der Waals surface area contributed by atoms with Crippen LogP contribution >= 0.6 is 0 Å². The summed E-state index contributed by atoms with van der Waals surface area (Å²) in [5.41, 5.74) is 5.62. The van der Waals surface area contributed by atoms with E-state index < -0.39 is 19.2 Å². The van der Waals surface area contributed by atoms with Gasteiger partial charge in [0.25, 0.3) is 0 Å². The fourth-order valence-electron chi connectivity index (χ4n) is 0.946. The molecule has 0 aromatic carbocycles. The fourth-order valence-corrected chi connectivity index (χ4v) is 0.946. The average molecular weight is 249 g/mol. The van der Waals surface area contributed by atoms with Gasteiger partial charge in [0.1, 0.15) is 0 Å². The molecule has 0 spiro atoms. The molecule has 0 aliphatic heterocycles. The Bertz CT molecular complexity index is 389. The van der Waals surface area contributed by atoms with Gasteiger partial charge in [-0.15, -0.1) is 0 Å². The molecule has 0 aliphatic rings. The van der Waals surface area contributed by atoms with Gasteiger partial charge in [0.15, 0.2) is 5.84 Å². The van der Waals surface area contributed by atoms with Gasteiger partial charge < -0.3 is 15.7 Å². The second kappa shape index (κ2) is 5.37. The lowest BCUT2D eigenvalue weighted by Crippen LogP contribution is -2.14. The van der Waals surface area contributed by atoms with Crippen LogP contribution in [-0.2, 0) is 0 Å². The van der Waals surface area contributed by atoms with Crippen molar-refractivity contribution in [2.45, 2.75) is 12.6 Å². The average Bonchev–Trinajstić information content (AvgIpc) is 2.27. The molecule has 5 nitrogen and oxygen atoms in total. The van der Waals surface area contributed by atoms with Crippen molar-refractivity contribution >= 4 is 5.84 Å².